The van der Waals surface area contributed by atoms with Crippen molar-refractivity contribution in [1.82, 2.24) is 0 Å². The van der Waals surface area contributed by atoms with Crippen molar-refractivity contribution in [1.29, 1.82) is 0 Å². The zero-order chi connectivity index (χ0) is 34.9. The first kappa shape index (κ1) is 44.3. The van der Waals surface area contributed by atoms with Crippen LogP contribution in [0.25, 0.3) is 0 Å². The first-order chi connectivity index (χ1) is 18.8. The largest absolute Gasteiger partial charge is 0.400 e. The van der Waals surface area contributed by atoms with Gasteiger partial charge < -0.3 is 0 Å². The molecule has 43 heavy (non-hydrogen) atoms. The minimum Gasteiger partial charge on any atom is -0.244 e. The monoisotopic (exact) mass is 654 g/mol. The third-order valence-electron chi connectivity index (χ3n) is 7.96. The van der Waals surface area contributed by atoms with Crippen LogP contribution in [0.1, 0.15) is 115 Å². The molecule has 0 nitrogen and oxygen atoms in total. The van der Waals surface area contributed by atoms with Gasteiger partial charge in [-0.2, -0.15) is 39.5 Å². The Bertz CT molecular complexity index is 713. The fourth-order valence-electron chi connectivity index (χ4n) is 5.13. The Kier molecular flexibility index (Phi) is 17.7. The Balaban J connectivity index is 0. The van der Waals surface area contributed by atoms with Gasteiger partial charge in [0.2, 0.25) is 5.92 Å². The van der Waals surface area contributed by atoms with Gasteiger partial charge >= 0.3 is 18.5 Å². The third-order valence-corrected chi connectivity index (χ3v) is 7.96. The first-order valence-corrected chi connectivity index (χ1v) is 15.1. The topological polar surface area (TPSA) is 0 Å². The maximum atomic E-state index is 12.8. The summed E-state index contributed by atoms with van der Waals surface area (Å²) >= 11 is 0. The second-order valence-corrected chi connectivity index (χ2v) is 14.3. The summed E-state index contributed by atoms with van der Waals surface area (Å²) in [5, 5.41) is 0. The molecule has 2 saturated carbocycles. The molecule has 262 valence electrons. The van der Waals surface area contributed by atoms with Crippen molar-refractivity contribution in [3.63, 3.8) is 0 Å². The molecule has 2 rings (SSSR count). The Morgan fingerprint density at radius 3 is 1.14 bits per heavy atom. The van der Waals surface area contributed by atoms with Crippen LogP contribution in [0.15, 0.2) is 0 Å². The van der Waals surface area contributed by atoms with E-state index in [2.05, 4.69) is 27.7 Å². The summed E-state index contributed by atoms with van der Waals surface area (Å²) in [7, 11) is 0. The number of halogens is 12. The molecule has 2 aliphatic rings. The van der Waals surface area contributed by atoms with Gasteiger partial charge in [0.25, 0.3) is 0 Å². The van der Waals surface area contributed by atoms with E-state index < -0.39 is 53.8 Å². The third kappa shape index (κ3) is 19.3. The molecule has 2 aliphatic carbocycles. The van der Waals surface area contributed by atoms with Crippen LogP contribution in [-0.4, -0.2) is 30.1 Å². The predicted molar refractivity (Wildman–Crippen MR) is 148 cm³/mol. The summed E-state index contributed by atoms with van der Waals surface area (Å²) in [6.07, 6.45) is -11.4. The fraction of sp³-hybridized carbons (Fsp3) is 1.00. The maximum Gasteiger partial charge on any atom is 0.400 e. The molecule has 0 heterocycles. The van der Waals surface area contributed by atoms with Crippen LogP contribution in [0.3, 0.4) is 0 Å². The van der Waals surface area contributed by atoms with Gasteiger partial charge in [-0.25, -0.2) is 13.2 Å². The predicted octanol–water partition coefficient (Wildman–Crippen LogP) is 13.1. The van der Waals surface area contributed by atoms with Gasteiger partial charge in [0.15, 0.2) is 5.92 Å². The highest BCUT2D eigenvalue weighted by molar-refractivity contribution is 4.91. The van der Waals surface area contributed by atoms with E-state index in [1.807, 2.05) is 0 Å². The highest BCUT2D eigenvalue weighted by Crippen LogP contribution is 2.47. The van der Waals surface area contributed by atoms with Crippen LogP contribution in [0.4, 0.5) is 52.7 Å². The highest BCUT2D eigenvalue weighted by Gasteiger charge is 2.59. The van der Waals surface area contributed by atoms with Gasteiger partial charge in [-0.15, -0.1) is 0 Å². The second-order valence-electron chi connectivity index (χ2n) is 14.3. The summed E-state index contributed by atoms with van der Waals surface area (Å²) in [5.74, 6) is -6.51. The standard InChI is InChI=1S/C8H12F6.C8H14F2.C8H15F.C7H13F3/c1-4(2)5(3)6(7(9,10)11)8(12,13)14;1-6(2)3-7-4-8(9,10)5-7;1-6(2)7-4-8(3,9)5-7;1-5(2)4-6(3)7(8,9)10/h4-6H,1-3H3;6-7H,3-5H2,1-2H3;6-7H,4-5H2,1-3H3;5-6H,4H2,1-3H3. The summed E-state index contributed by atoms with van der Waals surface area (Å²) in [4.78, 5) is 0. The van der Waals surface area contributed by atoms with Crippen LogP contribution < -0.4 is 0 Å². The lowest BCUT2D eigenvalue weighted by atomic mass is 9.68. The van der Waals surface area contributed by atoms with Crippen molar-refractivity contribution in [2.75, 3.05) is 0 Å². The van der Waals surface area contributed by atoms with Crippen molar-refractivity contribution in [2.24, 2.45) is 53.3 Å². The molecule has 0 aromatic carbocycles. The molecule has 0 bridgehead atoms. The Labute approximate surface area is 251 Å². The lowest BCUT2D eigenvalue weighted by Gasteiger charge is -2.41. The molecule has 2 fully saturated rings. The van der Waals surface area contributed by atoms with E-state index in [9.17, 15) is 52.7 Å². The zero-order valence-corrected chi connectivity index (χ0v) is 27.5. The molecule has 0 radical (unpaired) electrons. The number of hydrogen-bond acceptors (Lipinski definition) is 0. The summed E-state index contributed by atoms with van der Waals surface area (Å²) in [6, 6.07) is 0. The van der Waals surface area contributed by atoms with E-state index in [4.69, 9.17) is 0 Å². The average molecular weight is 655 g/mol. The molecular weight excluding hydrogens is 600 g/mol. The van der Waals surface area contributed by atoms with Gasteiger partial charge in [-0.1, -0.05) is 69.2 Å². The summed E-state index contributed by atoms with van der Waals surface area (Å²) in [5.41, 5.74) is -0.824. The molecule has 0 aromatic heterocycles. The fourth-order valence-corrected chi connectivity index (χ4v) is 5.13. The molecule has 12 heteroatoms. The minimum atomic E-state index is -5.22. The molecule has 0 aromatic rings. The zero-order valence-electron chi connectivity index (χ0n) is 27.5. The molecule has 0 saturated heterocycles. The highest BCUT2D eigenvalue weighted by atomic mass is 19.4. The van der Waals surface area contributed by atoms with Crippen LogP contribution in [0, 0.1) is 53.3 Å². The number of rotatable bonds is 7. The molecule has 0 spiro atoms. The van der Waals surface area contributed by atoms with E-state index in [-0.39, 0.29) is 25.2 Å². The van der Waals surface area contributed by atoms with Crippen molar-refractivity contribution in [3.05, 3.63) is 0 Å². The van der Waals surface area contributed by atoms with E-state index >= 15 is 0 Å². The van der Waals surface area contributed by atoms with Crippen LogP contribution in [-0.2, 0) is 0 Å². The SMILES string of the molecule is CC(C)C(C)C(C(F)(F)F)C(F)(F)F.CC(C)C1CC(C)(F)C1.CC(C)CC(C)C(F)(F)F.CC(C)CC1CC(F)(F)C1. The van der Waals surface area contributed by atoms with Crippen molar-refractivity contribution in [2.45, 2.75) is 145 Å². The molecule has 2 unspecified atom stereocenters. The smallest absolute Gasteiger partial charge is 0.244 e. The lowest BCUT2D eigenvalue weighted by Crippen LogP contribution is -2.42. The van der Waals surface area contributed by atoms with Gasteiger partial charge in [0, 0.05) is 12.8 Å². The number of hydrogen-bond donors (Lipinski definition) is 0. The lowest BCUT2D eigenvalue weighted by molar-refractivity contribution is -0.300. The van der Waals surface area contributed by atoms with Crippen molar-refractivity contribution >= 4 is 0 Å². The van der Waals surface area contributed by atoms with E-state index in [1.54, 1.807) is 20.8 Å². The van der Waals surface area contributed by atoms with Crippen molar-refractivity contribution < 1.29 is 52.7 Å². The molecule has 2 atom stereocenters. The molecule has 0 aliphatic heterocycles. The van der Waals surface area contributed by atoms with E-state index in [1.165, 1.54) is 20.8 Å². The Hall–Kier alpha value is -0.840. The Morgan fingerprint density at radius 2 is 1.00 bits per heavy atom. The van der Waals surface area contributed by atoms with Crippen LogP contribution >= 0.6 is 0 Å². The van der Waals surface area contributed by atoms with Gasteiger partial charge in [-0.3, -0.25) is 0 Å². The summed E-state index contributed by atoms with van der Waals surface area (Å²) in [6.45, 7) is 18.7. The van der Waals surface area contributed by atoms with E-state index in [0.29, 0.717) is 23.7 Å². The Morgan fingerprint density at radius 1 is 0.605 bits per heavy atom. The van der Waals surface area contributed by atoms with Gasteiger partial charge in [0.05, 0.1) is 5.92 Å². The minimum absolute atomic E-state index is 0.122. The average Bonchev–Trinajstić information content (AvgIpc) is 2.68. The number of alkyl halides is 12. The molecule has 0 amide bonds. The van der Waals surface area contributed by atoms with Crippen molar-refractivity contribution in [3.8, 4) is 0 Å². The quantitative estimate of drug-likeness (QED) is 0.240. The molecular formula is C31H54F12. The normalized spacial score (nSPS) is 23.9. The van der Waals surface area contributed by atoms with Crippen LogP contribution in [0.2, 0.25) is 0 Å². The molecule has 0 N–H and O–H groups in total. The summed E-state index contributed by atoms with van der Waals surface area (Å²) < 4.78 is 145. The maximum absolute atomic E-state index is 12.8. The van der Waals surface area contributed by atoms with E-state index in [0.717, 1.165) is 26.2 Å². The van der Waals surface area contributed by atoms with Gasteiger partial charge in [0.1, 0.15) is 5.67 Å². The second kappa shape index (κ2) is 17.2. The van der Waals surface area contributed by atoms with Gasteiger partial charge in [-0.05, 0) is 74.0 Å². The first-order valence-electron chi connectivity index (χ1n) is 15.1. The van der Waals surface area contributed by atoms with Crippen LogP contribution in [0.5, 0.6) is 0 Å².